The summed E-state index contributed by atoms with van der Waals surface area (Å²) in [7, 11) is 0. The van der Waals surface area contributed by atoms with Crippen LogP contribution in [0.1, 0.15) is 13.8 Å². The lowest BCUT2D eigenvalue weighted by atomic mass is 10.2. The van der Waals surface area contributed by atoms with E-state index in [1.807, 2.05) is 30.3 Å². The normalized spacial score (nSPS) is 11.1. The van der Waals surface area contributed by atoms with Crippen LogP contribution in [0.3, 0.4) is 0 Å². The quantitative estimate of drug-likeness (QED) is 0.807. The number of nitrogens with one attached hydrogen (secondary N) is 1. The summed E-state index contributed by atoms with van der Waals surface area (Å²) in [4.78, 5) is 11.3. The fourth-order valence-corrected chi connectivity index (χ4v) is 1.11. The molecule has 1 unspecified atom stereocenters. The third-order valence-corrected chi connectivity index (χ3v) is 1.80. The van der Waals surface area contributed by atoms with E-state index in [0.29, 0.717) is 6.61 Å². The van der Waals surface area contributed by atoms with E-state index in [1.165, 1.54) is 0 Å². The van der Waals surface area contributed by atoms with Gasteiger partial charge in [0.05, 0.1) is 6.61 Å². The van der Waals surface area contributed by atoms with Gasteiger partial charge in [-0.2, -0.15) is 0 Å². The average Bonchev–Trinajstić information content (AvgIpc) is 2.19. The van der Waals surface area contributed by atoms with Gasteiger partial charge < -0.3 is 10.1 Å². The van der Waals surface area contributed by atoms with Gasteiger partial charge in [0, 0.05) is 5.69 Å². The maximum atomic E-state index is 11.3. The second-order valence-electron chi connectivity index (χ2n) is 2.98. The zero-order chi connectivity index (χ0) is 10.4. The first kappa shape index (κ1) is 13.8. The molecule has 15 heavy (non-hydrogen) atoms. The molecule has 84 valence electrons. The van der Waals surface area contributed by atoms with Crippen LogP contribution in [0.2, 0.25) is 0 Å². The Bertz CT molecular complexity index is 290. The van der Waals surface area contributed by atoms with Gasteiger partial charge >= 0.3 is 5.97 Å². The van der Waals surface area contributed by atoms with Crippen LogP contribution in [-0.4, -0.2) is 18.6 Å². The summed E-state index contributed by atoms with van der Waals surface area (Å²) >= 11 is 0. The predicted octanol–water partition coefficient (Wildman–Crippen LogP) is 2.47. The maximum absolute atomic E-state index is 11.3. The molecule has 0 aliphatic carbocycles. The highest BCUT2D eigenvalue weighted by Crippen LogP contribution is 2.07. The Morgan fingerprint density at radius 3 is 2.53 bits per heavy atom. The highest BCUT2D eigenvalue weighted by molar-refractivity contribution is 5.85. The second-order valence-corrected chi connectivity index (χ2v) is 2.98. The molecular weight excluding hydrogens is 214 g/mol. The lowest BCUT2D eigenvalue weighted by Gasteiger charge is -2.13. The molecule has 0 spiro atoms. The molecule has 0 bridgehead atoms. The van der Waals surface area contributed by atoms with Gasteiger partial charge in [-0.1, -0.05) is 18.2 Å². The van der Waals surface area contributed by atoms with Crippen molar-refractivity contribution >= 4 is 24.1 Å². The highest BCUT2D eigenvalue weighted by atomic mass is 35.5. The molecule has 1 N–H and O–H groups in total. The number of carbonyl (C=O) groups excluding carboxylic acids is 1. The Hall–Kier alpha value is -1.22. The molecule has 0 saturated heterocycles. The molecule has 0 aliphatic heterocycles. The number of benzene rings is 1. The fraction of sp³-hybridized carbons (Fsp3) is 0.364. The van der Waals surface area contributed by atoms with Gasteiger partial charge in [-0.3, -0.25) is 0 Å². The summed E-state index contributed by atoms with van der Waals surface area (Å²) in [6, 6.07) is 9.28. The van der Waals surface area contributed by atoms with Gasteiger partial charge in [-0.15, -0.1) is 12.4 Å². The van der Waals surface area contributed by atoms with Crippen molar-refractivity contribution in [1.29, 1.82) is 0 Å². The molecule has 4 heteroatoms. The topological polar surface area (TPSA) is 38.3 Å². The van der Waals surface area contributed by atoms with Crippen LogP contribution in [0, 0.1) is 0 Å². The predicted molar refractivity (Wildman–Crippen MR) is 63.4 cm³/mol. The Labute approximate surface area is 96.2 Å². The molecule has 0 aliphatic rings. The molecule has 0 aromatic heterocycles. The minimum atomic E-state index is -0.308. The lowest BCUT2D eigenvalue weighted by molar-refractivity contribution is -0.143. The van der Waals surface area contributed by atoms with E-state index in [1.54, 1.807) is 13.8 Å². The van der Waals surface area contributed by atoms with E-state index in [0.717, 1.165) is 5.69 Å². The highest BCUT2D eigenvalue weighted by Gasteiger charge is 2.12. The number of para-hydroxylation sites is 1. The number of hydrogen-bond donors (Lipinski definition) is 1. The third-order valence-electron chi connectivity index (χ3n) is 1.80. The molecule has 1 aromatic rings. The van der Waals surface area contributed by atoms with E-state index in [4.69, 9.17) is 4.74 Å². The average molecular weight is 230 g/mol. The van der Waals surface area contributed by atoms with E-state index >= 15 is 0 Å². The summed E-state index contributed by atoms with van der Waals surface area (Å²) in [5.74, 6) is -0.226. The molecule has 1 atom stereocenters. The molecule has 0 heterocycles. The van der Waals surface area contributed by atoms with Crippen molar-refractivity contribution in [2.75, 3.05) is 11.9 Å². The van der Waals surface area contributed by atoms with Gasteiger partial charge in [0.2, 0.25) is 0 Å². The van der Waals surface area contributed by atoms with Gasteiger partial charge in [-0.25, -0.2) is 4.79 Å². The van der Waals surface area contributed by atoms with Gasteiger partial charge in [-0.05, 0) is 26.0 Å². The number of esters is 1. The van der Waals surface area contributed by atoms with Crippen LogP contribution in [-0.2, 0) is 9.53 Å². The molecule has 0 saturated carbocycles. The van der Waals surface area contributed by atoms with Crippen molar-refractivity contribution in [2.24, 2.45) is 0 Å². The van der Waals surface area contributed by atoms with Gasteiger partial charge in [0.1, 0.15) is 6.04 Å². The van der Waals surface area contributed by atoms with Crippen molar-refractivity contribution in [3.8, 4) is 0 Å². The summed E-state index contributed by atoms with van der Waals surface area (Å²) in [6.45, 7) is 4.00. The number of halogens is 1. The Kier molecular flexibility index (Phi) is 6.54. The van der Waals surface area contributed by atoms with Crippen molar-refractivity contribution in [3.63, 3.8) is 0 Å². The molecule has 0 fully saturated rings. The van der Waals surface area contributed by atoms with Crippen LogP contribution < -0.4 is 5.32 Å². The molecule has 0 radical (unpaired) electrons. The zero-order valence-corrected chi connectivity index (χ0v) is 9.71. The molecule has 0 amide bonds. The molecular formula is C11H16ClNO2. The smallest absolute Gasteiger partial charge is 0.328 e. The van der Waals surface area contributed by atoms with E-state index in [-0.39, 0.29) is 24.4 Å². The maximum Gasteiger partial charge on any atom is 0.328 e. The SMILES string of the molecule is CCOC(=O)C(C)Nc1ccccc1.Cl. The first-order chi connectivity index (χ1) is 6.74. The van der Waals surface area contributed by atoms with Gasteiger partial charge in [0.15, 0.2) is 0 Å². The zero-order valence-electron chi connectivity index (χ0n) is 8.90. The van der Waals surface area contributed by atoms with Crippen LogP contribution >= 0.6 is 12.4 Å². The first-order valence-corrected chi connectivity index (χ1v) is 4.72. The lowest BCUT2D eigenvalue weighted by Crippen LogP contribution is -2.28. The van der Waals surface area contributed by atoms with Crippen molar-refractivity contribution in [1.82, 2.24) is 0 Å². The van der Waals surface area contributed by atoms with Crippen LogP contribution in [0.15, 0.2) is 30.3 Å². The minimum absolute atomic E-state index is 0. The Morgan fingerprint density at radius 2 is 2.00 bits per heavy atom. The van der Waals surface area contributed by atoms with E-state index in [9.17, 15) is 4.79 Å². The Balaban J connectivity index is 0.00000196. The largest absolute Gasteiger partial charge is 0.464 e. The number of anilines is 1. The van der Waals surface area contributed by atoms with Crippen LogP contribution in [0.25, 0.3) is 0 Å². The first-order valence-electron chi connectivity index (χ1n) is 4.72. The summed E-state index contributed by atoms with van der Waals surface area (Å²) in [5, 5.41) is 3.05. The Morgan fingerprint density at radius 1 is 1.40 bits per heavy atom. The summed E-state index contributed by atoms with van der Waals surface area (Å²) in [5.41, 5.74) is 0.924. The second kappa shape index (κ2) is 7.12. The minimum Gasteiger partial charge on any atom is -0.464 e. The molecule has 3 nitrogen and oxygen atoms in total. The number of rotatable bonds is 4. The number of ether oxygens (including phenoxy) is 1. The summed E-state index contributed by atoms with van der Waals surface area (Å²) in [6.07, 6.45) is 0. The molecule has 1 rings (SSSR count). The number of hydrogen-bond acceptors (Lipinski definition) is 3. The van der Waals surface area contributed by atoms with Crippen molar-refractivity contribution < 1.29 is 9.53 Å². The van der Waals surface area contributed by atoms with Gasteiger partial charge in [0.25, 0.3) is 0 Å². The molecule has 1 aromatic carbocycles. The monoisotopic (exact) mass is 229 g/mol. The summed E-state index contributed by atoms with van der Waals surface area (Å²) < 4.78 is 4.87. The van der Waals surface area contributed by atoms with Crippen LogP contribution in [0.4, 0.5) is 5.69 Å². The third kappa shape index (κ3) is 4.70. The van der Waals surface area contributed by atoms with E-state index < -0.39 is 0 Å². The standard InChI is InChI=1S/C11H15NO2.ClH/c1-3-14-11(13)9(2)12-10-7-5-4-6-8-10;/h4-9,12H,3H2,1-2H3;1H. The fourth-order valence-electron chi connectivity index (χ4n) is 1.11. The number of carbonyl (C=O) groups is 1. The van der Waals surface area contributed by atoms with Crippen LogP contribution in [0.5, 0.6) is 0 Å². The van der Waals surface area contributed by atoms with Crippen molar-refractivity contribution in [3.05, 3.63) is 30.3 Å². The van der Waals surface area contributed by atoms with E-state index in [2.05, 4.69) is 5.32 Å². The van der Waals surface area contributed by atoms with Crippen molar-refractivity contribution in [2.45, 2.75) is 19.9 Å².